The number of anilines is 1. The average Bonchev–Trinajstić information content (AvgIpc) is 2.83. The zero-order valence-electron chi connectivity index (χ0n) is 12.5. The third-order valence-corrected chi connectivity index (χ3v) is 5.31. The molecule has 0 amide bonds. The number of halogens is 5. The van der Waals surface area contributed by atoms with Crippen LogP contribution >= 0.6 is 35.4 Å². The SMILES string of the molecule is CCS(=O)c1c(C(N)=S)nn(-c2c(Cl)cc(C(F)(F)F)cc2Cl)c1N. The predicted octanol–water partition coefficient (Wildman–Crippen LogP) is 3.54. The summed E-state index contributed by atoms with van der Waals surface area (Å²) in [6, 6.07) is 1.39. The van der Waals surface area contributed by atoms with Gasteiger partial charge < -0.3 is 11.5 Å². The standard InChI is InChI=1S/C13H11Cl2F3N4OS2/c1-2-25(23)10-8(12(20)24)21-22(11(10)19)9-6(14)3-5(4-7(9)15)13(16,17)18/h3-4H,2,19H2,1H3,(H2,20,24). The van der Waals surface area contributed by atoms with Gasteiger partial charge in [0.15, 0.2) is 0 Å². The van der Waals surface area contributed by atoms with E-state index in [9.17, 15) is 17.4 Å². The molecule has 1 aromatic carbocycles. The Morgan fingerprint density at radius 1 is 1.36 bits per heavy atom. The summed E-state index contributed by atoms with van der Waals surface area (Å²) in [4.78, 5) is -0.0802. The first kappa shape index (κ1) is 20.0. The van der Waals surface area contributed by atoms with Gasteiger partial charge in [0.05, 0.1) is 26.4 Å². The average molecular weight is 431 g/mol. The number of thiocarbonyl (C=S) groups is 1. The first-order valence-corrected chi connectivity index (χ1v) is 9.10. The monoisotopic (exact) mass is 430 g/mol. The van der Waals surface area contributed by atoms with Gasteiger partial charge in [0, 0.05) is 5.75 Å². The van der Waals surface area contributed by atoms with Crippen molar-refractivity contribution in [1.82, 2.24) is 9.78 Å². The Labute approximate surface area is 158 Å². The van der Waals surface area contributed by atoms with E-state index in [1.807, 2.05) is 0 Å². The van der Waals surface area contributed by atoms with Gasteiger partial charge in [-0.3, -0.25) is 4.21 Å². The summed E-state index contributed by atoms with van der Waals surface area (Å²) in [6.07, 6.45) is -4.62. The number of aromatic nitrogens is 2. The van der Waals surface area contributed by atoms with Gasteiger partial charge in [0.25, 0.3) is 0 Å². The molecule has 1 atom stereocenters. The lowest BCUT2D eigenvalue weighted by molar-refractivity contribution is -0.137. The van der Waals surface area contributed by atoms with Crippen molar-refractivity contribution in [3.05, 3.63) is 33.4 Å². The van der Waals surface area contributed by atoms with E-state index < -0.39 is 22.5 Å². The highest BCUT2D eigenvalue weighted by Gasteiger charge is 2.33. The van der Waals surface area contributed by atoms with Crippen LogP contribution in [-0.2, 0) is 17.0 Å². The van der Waals surface area contributed by atoms with Crippen molar-refractivity contribution in [2.45, 2.75) is 18.0 Å². The lowest BCUT2D eigenvalue weighted by atomic mass is 10.2. The highest BCUT2D eigenvalue weighted by atomic mass is 35.5. The van der Waals surface area contributed by atoms with Crippen LogP contribution in [0.2, 0.25) is 10.0 Å². The molecule has 4 N–H and O–H groups in total. The molecule has 0 saturated carbocycles. The van der Waals surface area contributed by atoms with Gasteiger partial charge in [-0.2, -0.15) is 18.3 Å². The third-order valence-electron chi connectivity index (χ3n) is 3.16. The van der Waals surface area contributed by atoms with Crippen LogP contribution in [0.3, 0.4) is 0 Å². The topological polar surface area (TPSA) is 86.9 Å². The molecule has 2 aromatic rings. The van der Waals surface area contributed by atoms with Crippen molar-refractivity contribution in [3.8, 4) is 5.69 Å². The molecule has 0 radical (unpaired) electrons. The number of benzene rings is 1. The summed E-state index contributed by atoms with van der Waals surface area (Å²) in [5.41, 5.74) is 10.4. The van der Waals surface area contributed by atoms with Gasteiger partial charge in [-0.25, -0.2) is 4.68 Å². The largest absolute Gasteiger partial charge is 0.416 e. The molecule has 136 valence electrons. The zero-order chi connectivity index (χ0) is 19.1. The lowest BCUT2D eigenvalue weighted by Crippen LogP contribution is -2.14. The van der Waals surface area contributed by atoms with Crippen molar-refractivity contribution in [2.75, 3.05) is 11.5 Å². The van der Waals surface area contributed by atoms with Crippen molar-refractivity contribution in [3.63, 3.8) is 0 Å². The van der Waals surface area contributed by atoms with Crippen LogP contribution < -0.4 is 11.5 Å². The van der Waals surface area contributed by atoms with E-state index in [1.54, 1.807) is 6.92 Å². The van der Waals surface area contributed by atoms with Gasteiger partial charge >= 0.3 is 6.18 Å². The molecule has 0 bridgehead atoms. The van der Waals surface area contributed by atoms with E-state index in [1.165, 1.54) is 0 Å². The fourth-order valence-electron chi connectivity index (χ4n) is 2.05. The number of alkyl halides is 3. The minimum Gasteiger partial charge on any atom is -0.388 e. The number of rotatable bonds is 4. The number of nitrogens with two attached hydrogens (primary N) is 2. The number of hydrogen-bond donors (Lipinski definition) is 2. The molecule has 5 nitrogen and oxygen atoms in total. The molecule has 0 fully saturated rings. The summed E-state index contributed by atoms with van der Waals surface area (Å²) in [6.45, 7) is 1.65. The first-order chi connectivity index (χ1) is 11.5. The van der Waals surface area contributed by atoms with E-state index in [0.29, 0.717) is 12.1 Å². The molecule has 0 saturated heterocycles. The maximum absolute atomic E-state index is 12.8. The molecule has 1 heterocycles. The minimum absolute atomic E-state index is 0.000264. The Morgan fingerprint density at radius 2 is 1.88 bits per heavy atom. The lowest BCUT2D eigenvalue weighted by Gasteiger charge is -2.13. The molecule has 2 rings (SSSR count). The Morgan fingerprint density at radius 3 is 2.28 bits per heavy atom. The minimum atomic E-state index is -4.62. The Kier molecular flexibility index (Phi) is 5.67. The fourth-order valence-corrected chi connectivity index (χ4v) is 3.88. The molecule has 25 heavy (non-hydrogen) atoms. The van der Waals surface area contributed by atoms with Gasteiger partial charge in [0.2, 0.25) is 0 Å². The fraction of sp³-hybridized carbons (Fsp3) is 0.231. The second kappa shape index (κ2) is 7.10. The smallest absolute Gasteiger partial charge is 0.388 e. The normalized spacial score (nSPS) is 13.0. The van der Waals surface area contributed by atoms with Gasteiger partial charge in [-0.05, 0) is 12.1 Å². The molecular weight excluding hydrogens is 420 g/mol. The van der Waals surface area contributed by atoms with Crippen LogP contribution in [0.1, 0.15) is 18.2 Å². The second-order valence-electron chi connectivity index (χ2n) is 4.76. The van der Waals surface area contributed by atoms with Gasteiger partial charge in [-0.15, -0.1) is 0 Å². The van der Waals surface area contributed by atoms with E-state index >= 15 is 0 Å². The highest BCUT2D eigenvalue weighted by Crippen LogP contribution is 2.39. The van der Waals surface area contributed by atoms with Crippen molar-refractivity contribution in [2.24, 2.45) is 5.73 Å². The maximum atomic E-state index is 12.8. The van der Waals surface area contributed by atoms with Crippen LogP contribution in [0.25, 0.3) is 5.69 Å². The van der Waals surface area contributed by atoms with Crippen LogP contribution in [0.15, 0.2) is 17.0 Å². The van der Waals surface area contributed by atoms with E-state index in [4.69, 9.17) is 46.9 Å². The molecule has 1 unspecified atom stereocenters. The molecule has 0 aliphatic rings. The predicted molar refractivity (Wildman–Crippen MR) is 95.8 cm³/mol. The Balaban J connectivity index is 2.76. The number of hydrogen-bond acceptors (Lipinski definition) is 4. The molecule has 12 heteroatoms. The van der Waals surface area contributed by atoms with Gasteiger partial charge in [-0.1, -0.05) is 42.3 Å². The Bertz CT molecular complexity index is 860. The van der Waals surface area contributed by atoms with Crippen molar-refractivity contribution >= 4 is 57.0 Å². The van der Waals surface area contributed by atoms with Crippen LogP contribution in [0.4, 0.5) is 19.0 Å². The summed E-state index contributed by atoms with van der Waals surface area (Å²) in [5.74, 6) is 0.0894. The van der Waals surface area contributed by atoms with Crippen LogP contribution in [0, 0.1) is 0 Å². The maximum Gasteiger partial charge on any atom is 0.416 e. The first-order valence-electron chi connectivity index (χ1n) is 6.62. The van der Waals surface area contributed by atoms with Crippen molar-refractivity contribution < 1.29 is 17.4 Å². The quantitative estimate of drug-likeness (QED) is 0.724. The molecule has 0 aliphatic heterocycles. The van der Waals surface area contributed by atoms with Crippen LogP contribution in [0.5, 0.6) is 0 Å². The highest BCUT2D eigenvalue weighted by molar-refractivity contribution is 7.85. The summed E-state index contributed by atoms with van der Waals surface area (Å²) in [7, 11) is -1.56. The van der Waals surface area contributed by atoms with E-state index in [-0.39, 0.29) is 42.9 Å². The third kappa shape index (κ3) is 3.76. The number of nitrogen functional groups attached to an aromatic ring is 1. The summed E-state index contributed by atoms with van der Waals surface area (Å²) < 4.78 is 51.7. The van der Waals surface area contributed by atoms with Crippen LogP contribution in [-0.4, -0.2) is 24.7 Å². The van der Waals surface area contributed by atoms with Crippen molar-refractivity contribution in [1.29, 1.82) is 0 Å². The van der Waals surface area contributed by atoms with Gasteiger partial charge in [0.1, 0.15) is 27.1 Å². The summed E-state index contributed by atoms with van der Waals surface area (Å²) >= 11 is 16.8. The summed E-state index contributed by atoms with van der Waals surface area (Å²) in [5, 5.41) is 3.37. The molecule has 0 aliphatic carbocycles. The Hall–Kier alpha value is -1.36. The molecule has 0 spiro atoms. The second-order valence-corrected chi connectivity index (χ2v) is 7.69. The molecular formula is C13H11Cl2F3N4OS2. The molecule has 1 aromatic heterocycles. The number of nitrogens with zero attached hydrogens (tertiary/aromatic N) is 2. The van der Waals surface area contributed by atoms with E-state index in [0.717, 1.165) is 4.68 Å². The zero-order valence-corrected chi connectivity index (χ0v) is 15.7. The van der Waals surface area contributed by atoms with E-state index in [2.05, 4.69) is 5.10 Å².